The Balaban J connectivity index is 2.60. The molecule has 1 amide bonds. The maximum atomic E-state index is 12.6. The molecule has 2 aromatic rings. The highest BCUT2D eigenvalue weighted by Gasteiger charge is 2.26. The summed E-state index contributed by atoms with van der Waals surface area (Å²) < 4.78 is 0. The summed E-state index contributed by atoms with van der Waals surface area (Å²) in [6.07, 6.45) is 0. The molecule has 2 aromatic carbocycles. The number of aromatic carboxylic acids is 2. The Labute approximate surface area is 154 Å². The van der Waals surface area contributed by atoms with Gasteiger partial charge in [-0.25, -0.2) is 9.59 Å². The monoisotopic (exact) mass is 370 g/mol. The van der Waals surface area contributed by atoms with Gasteiger partial charge in [0, 0.05) is 22.9 Å². The van der Waals surface area contributed by atoms with Crippen molar-refractivity contribution in [1.29, 1.82) is 0 Å². The topological polar surface area (TPSA) is 147 Å². The van der Waals surface area contributed by atoms with Crippen molar-refractivity contribution < 1.29 is 29.4 Å². The minimum Gasteiger partial charge on any atom is -0.478 e. The van der Waals surface area contributed by atoms with Crippen LogP contribution in [-0.2, 0) is 0 Å². The largest absolute Gasteiger partial charge is 0.478 e. The van der Waals surface area contributed by atoms with Gasteiger partial charge < -0.3 is 21.3 Å². The molecule has 27 heavy (non-hydrogen) atoms. The fraction of sp³-hybridized carbons (Fsp3) is 0.158. The number of anilines is 2. The lowest BCUT2D eigenvalue weighted by Crippen LogP contribution is -2.21. The Kier molecular flexibility index (Phi) is 5.60. The maximum Gasteiger partial charge on any atom is 0.336 e. The van der Waals surface area contributed by atoms with Crippen molar-refractivity contribution in [1.82, 2.24) is 0 Å². The molecular weight excluding hydrogens is 352 g/mol. The second-order valence-corrected chi connectivity index (χ2v) is 6.15. The van der Waals surface area contributed by atoms with Gasteiger partial charge in [-0.05, 0) is 30.3 Å². The second kappa shape index (κ2) is 7.69. The molecule has 0 radical (unpaired) electrons. The molecule has 5 N–H and O–H groups in total. The molecule has 0 heterocycles. The van der Waals surface area contributed by atoms with Crippen LogP contribution in [-0.4, -0.2) is 33.8 Å². The van der Waals surface area contributed by atoms with Gasteiger partial charge in [-0.3, -0.25) is 9.59 Å². The molecule has 0 spiro atoms. The summed E-state index contributed by atoms with van der Waals surface area (Å²) in [7, 11) is 0. The van der Waals surface area contributed by atoms with E-state index in [0.717, 1.165) is 12.1 Å². The predicted octanol–water partition coefficient (Wildman–Crippen LogP) is 2.76. The van der Waals surface area contributed by atoms with Crippen LogP contribution in [0.5, 0.6) is 0 Å². The normalized spacial score (nSPS) is 10.5. The molecule has 8 nitrogen and oxygen atoms in total. The van der Waals surface area contributed by atoms with Crippen LogP contribution in [0.3, 0.4) is 0 Å². The first-order valence-electron chi connectivity index (χ1n) is 7.97. The SMILES string of the molecule is CC(C)C(=O)c1cc(C(=O)Nc2cccc(N)c2)c(C(=O)O)cc1C(=O)O. The van der Waals surface area contributed by atoms with Gasteiger partial charge in [-0.1, -0.05) is 19.9 Å². The molecule has 0 bridgehead atoms. The average Bonchev–Trinajstić information content (AvgIpc) is 2.59. The molecule has 2 rings (SSSR count). The third-order valence-corrected chi connectivity index (χ3v) is 3.80. The number of carbonyl (C=O) groups is 4. The summed E-state index contributed by atoms with van der Waals surface area (Å²) >= 11 is 0. The van der Waals surface area contributed by atoms with Gasteiger partial charge in [-0.15, -0.1) is 0 Å². The van der Waals surface area contributed by atoms with Crippen molar-refractivity contribution in [3.8, 4) is 0 Å². The number of carboxylic acids is 2. The summed E-state index contributed by atoms with van der Waals surface area (Å²) in [6.45, 7) is 3.15. The van der Waals surface area contributed by atoms with Crippen molar-refractivity contribution >= 4 is 35.0 Å². The summed E-state index contributed by atoms with van der Waals surface area (Å²) in [5.41, 5.74) is 4.84. The zero-order valence-electron chi connectivity index (χ0n) is 14.6. The number of benzene rings is 2. The van der Waals surface area contributed by atoms with E-state index in [1.165, 1.54) is 6.07 Å². The summed E-state index contributed by atoms with van der Waals surface area (Å²) in [5, 5.41) is 21.2. The smallest absolute Gasteiger partial charge is 0.336 e. The van der Waals surface area contributed by atoms with E-state index < -0.39 is 40.7 Å². The lowest BCUT2D eigenvalue weighted by Gasteiger charge is -2.14. The van der Waals surface area contributed by atoms with E-state index in [2.05, 4.69) is 5.32 Å². The molecule has 0 aliphatic rings. The van der Waals surface area contributed by atoms with Gasteiger partial charge in [-0.2, -0.15) is 0 Å². The molecule has 0 atom stereocenters. The molecular formula is C19H18N2O6. The molecule has 8 heteroatoms. The quantitative estimate of drug-likeness (QED) is 0.451. The van der Waals surface area contributed by atoms with E-state index in [9.17, 15) is 29.4 Å². The molecule has 0 aliphatic carbocycles. The summed E-state index contributed by atoms with van der Waals surface area (Å²) in [4.78, 5) is 48.0. The highest BCUT2D eigenvalue weighted by molar-refractivity contribution is 6.15. The van der Waals surface area contributed by atoms with Crippen LogP contribution < -0.4 is 11.1 Å². The van der Waals surface area contributed by atoms with Crippen molar-refractivity contribution in [3.05, 3.63) is 58.7 Å². The highest BCUT2D eigenvalue weighted by atomic mass is 16.4. The van der Waals surface area contributed by atoms with Gasteiger partial charge in [0.2, 0.25) is 0 Å². The summed E-state index contributed by atoms with van der Waals surface area (Å²) in [5.74, 6) is -4.79. The minimum atomic E-state index is -1.49. The van der Waals surface area contributed by atoms with Crippen LogP contribution in [0.25, 0.3) is 0 Å². The Bertz CT molecular complexity index is 949. The predicted molar refractivity (Wildman–Crippen MR) is 98.3 cm³/mol. The van der Waals surface area contributed by atoms with Gasteiger partial charge in [0.15, 0.2) is 5.78 Å². The Morgan fingerprint density at radius 3 is 1.96 bits per heavy atom. The molecule has 0 fully saturated rings. The third kappa shape index (κ3) is 4.30. The van der Waals surface area contributed by atoms with Crippen molar-refractivity contribution in [2.75, 3.05) is 11.1 Å². The second-order valence-electron chi connectivity index (χ2n) is 6.15. The lowest BCUT2D eigenvalue weighted by atomic mass is 9.91. The minimum absolute atomic E-state index is 0.222. The van der Waals surface area contributed by atoms with E-state index >= 15 is 0 Å². The number of nitrogens with two attached hydrogens (primary N) is 1. The fourth-order valence-electron chi connectivity index (χ4n) is 2.47. The Morgan fingerprint density at radius 1 is 0.889 bits per heavy atom. The van der Waals surface area contributed by atoms with E-state index in [-0.39, 0.29) is 11.1 Å². The number of carbonyl (C=O) groups excluding carboxylic acids is 2. The van der Waals surface area contributed by atoms with Crippen molar-refractivity contribution in [3.63, 3.8) is 0 Å². The first-order valence-corrected chi connectivity index (χ1v) is 7.97. The van der Waals surface area contributed by atoms with Crippen LogP contribution in [0.4, 0.5) is 11.4 Å². The number of Topliss-reactive ketones (excluding diaryl/α,β-unsaturated/α-hetero) is 1. The lowest BCUT2D eigenvalue weighted by molar-refractivity contribution is 0.0688. The standard InChI is InChI=1S/C19H18N2O6/c1-9(2)16(22)12-7-13(15(19(26)27)8-14(12)18(24)25)17(23)21-11-5-3-4-10(20)6-11/h3-9H,20H2,1-2H3,(H,21,23)(H,24,25)(H,26,27). The van der Waals surface area contributed by atoms with Crippen molar-refractivity contribution in [2.45, 2.75) is 13.8 Å². The molecule has 0 unspecified atom stereocenters. The number of amides is 1. The zero-order valence-corrected chi connectivity index (χ0v) is 14.6. The number of nitrogen functional groups attached to an aromatic ring is 1. The first kappa shape index (κ1) is 19.6. The number of rotatable bonds is 6. The van der Waals surface area contributed by atoms with Crippen LogP contribution >= 0.6 is 0 Å². The maximum absolute atomic E-state index is 12.6. The average molecular weight is 370 g/mol. The number of ketones is 1. The van der Waals surface area contributed by atoms with Gasteiger partial charge >= 0.3 is 11.9 Å². The molecule has 140 valence electrons. The number of nitrogens with one attached hydrogen (secondary N) is 1. The molecule has 0 saturated heterocycles. The van der Waals surface area contributed by atoms with E-state index in [1.54, 1.807) is 32.0 Å². The summed E-state index contributed by atoms with van der Waals surface area (Å²) in [6, 6.07) is 8.08. The van der Waals surface area contributed by atoms with Crippen LogP contribution in [0.15, 0.2) is 36.4 Å². The van der Waals surface area contributed by atoms with E-state index in [1.807, 2.05) is 0 Å². The Morgan fingerprint density at radius 2 is 1.44 bits per heavy atom. The third-order valence-electron chi connectivity index (χ3n) is 3.80. The van der Waals surface area contributed by atoms with E-state index in [4.69, 9.17) is 5.73 Å². The zero-order chi connectivity index (χ0) is 20.3. The number of carboxylic acid groups (broad SMARTS) is 2. The van der Waals surface area contributed by atoms with Crippen molar-refractivity contribution in [2.24, 2.45) is 5.92 Å². The Hall–Kier alpha value is -3.68. The first-order chi connectivity index (χ1) is 12.6. The molecule has 0 aromatic heterocycles. The van der Waals surface area contributed by atoms with Crippen LogP contribution in [0.1, 0.15) is 55.3 Å². The molecule has 0 aliphatic heterocycles. The van der Waals surface area contributed by atoms with E-state index in [0.29, 0.717) is 11.4 Å². The van der Waals surface area contributed by atoms with Gasteiger partial charge in [0.05, 0.1) is 16.7 Å². The highest BCUT2D eigenvalue weighted by Crippen LogP contribution is 2.23. The van der Waals surface area contributed by atoms with Crippen LogP contribution in [0.2, 0.25) is 0 Å². The number of hydrogen-bond donors (Lipinski definition) is 4. The van der Waals surface area contributed by atoms with Gasteiger partial charge in [0.25, 0.3) is 5.91 Å². The molecule has 0 saturated carbocycles. The fourth-order valence-corrected chi connectivity index (χ4v) is 2.47. The van der Waals surface area contributed by atoms with Crippen LogP contribution in [0, 0.1) is 5.92 Å². The van der Waals surface area contributed by atoms with Gasteiger partial charge in [0.1, 0.15) is 0 Å². The number of hydrogen-bond acceptors (Lipinski definition) is 5.